The van der Waals surface area contributed by atoms with Gasteiger partial charge >= 0.3 is 0 Å². The average Bonchev–Trinajstić information content (AvgIpc) is 3.54. The fourth-order valence-corrected chi connectivity index (χ4v) is 6.03. The Labute approximate surface area is 275 Å². The summed E-state index contributed by atoms with van der Waals surface area (Å²) < 4.78 is 5.43. The Hall–Kier alpha value is -5.19. The van der Waals surface area contributed by atoms with Crippen molar-refractivity contribution in [1.29, 1.82) is 0 Å². The minimum absolute atomic E-state index is 0.0967. The summed E-state index contributed by atoms with van der Waals surface area (Å²) in [4.78, 5) is 44.8. The van der Waals surface area contributed by atoms with E-state index in [0.29, 0.717) is 22.1 Å². The molecule has 4 aromatic carbocycles. The van der Waals surface area contributed by atoms with E-state index >= 15 is 0 Å². The number of carbonyl (C=O) groups is 3. The zero-order chi connectivity index (χ0) is 32.5. The standard InChI is InChI=1S/C36H32N4O4S2/c1-23-16-18-25(19-17-23)20-30(38-34(42)26-10-5-4-6-11-26)35(43)37-27-12-9-13-28(21-27)46-24(2)33(41)40-36-39-31(22-45-36)29-14-7-8-15-32(29)44-3/h4-22,24H,1-3H3,(H,37,43)(H,38,42)(H,39,40,41)/b30-20-. The maximum atomic E-state index is 13.5. The lowest BCUT2D eigenvalue weighted by atomic mass is 10.1. The molecule has 10 heteroatoms. The van der Waals surface area contributed by atoms with Gasteiger partial charge in [0.25, 0.3) is 11.8 Å². The van der Waals surface area contributed by atoms with Crippen LogP contribution >= 0.6 is 23.1 Å². The number of nitrogens with zero attached hydrogens (tertiary/aromatic N) is 1. The van der Waals surface area contributed by atoms with Gasteiger partial charge in [-0.3, -0.25) is 14.4 Å². The zero-order valence-electron chi connectivity index (χ0n) is 25.4. The fraction of sp³-hybridized carbons (Fsp3) is 0.111. The Balaban J connectivity index is 1.25. The van der Waals surface area contributed by atoms with Gasteiger partial charge in [0, 0.05) is 27.1 Å². The first kappa shape index (κ1) is 32.2. The molecule has 0 aliphatic heterocycles. The number of thiazole rings is 1. The lowest BCUT2D eigenvalue weighted by Crippen LogP contribution is -2.30. The molecule has 0 aliphatic rings. The van der Waals surface area contributed by atoms with Gasteiger partial charge in [0.2, 0.25) is 5.91 Å². The molecule has 5 aromatic rings. The van der Waals surface area contributed by atoms with Crippen LogP contribution in [0.4, 0.5) is 10.8 Å². The summed E-state index contributed by atoms with van der Waals surface area (Å²) in [5.41, 5.74) is 4.47. The molecular weight excluding hydrogens is 617 g/mol. The number of methoxy groups -OCH3 is 1. The van der Waals surface area contributed by atoms with E-state index < -0.39 is 17.1 Å². The number of aryl methyl sites for hydroxylation is 1. The molecule has 0 spiro atoms. The summed E-state index contributed by atoms with van der Waals surface area (Å²) in [6.07, 6.45) is 1.64. The van der Waals surface area contributed by atoms with Gasteiger partial charge in [-0.15, -0.1) is 23.1 Å². The third kappa shape index (κ3) is 8.50. The lowest BCUT2D eigenvalue weighted by Gasteiger charge is -2.14. The number of nitrogens with one attached hydrogen (secondary N) is 3. The monoisotopic (exact) mass is 648 g/mol. The molecule has 8 nitrogen and oxygen atoms in total. The van der Waals surface area contributed by atoms with Gasteiger partial charge in [-0.2, -0.15) is 0 Å². The van der Waals surface area contributed by atoms with Crippen LogP contribution in [0.15, 0.2) is 119 Å². The molecule has 3 N–H and O–H groups in total. The topological polar surface area (TPSA) is 109 Å². The van der Waals surface area contributed by atoms with E-state index in [2.05, 4.69) is 20.9 Å². The van der Waals surface area contributed by atoms with Crippen molar-refractivity contribution in [3.8, 4) is 17.0 Å². The van der Waals surface area contributed by atoms with Gasteiger partial charge in [0.15, 0.2) is 5.13 Å². The molecule has 5 rings (SSSR count). The predicted octanol–water partition coefficient (Wildman–Crippen LogP) is 7.66. The van der Waals surface area contributed by atoms with Gasteiger partial charge in [-0.25, -0.2) is 4.98 Å². The van der Waals surface area contributed by atoms with Crippen LogP contribution in [0, 0.1) is 6.92 Å². The maximum Gasteiger partial charge on any atom is 0.272 e. The molecule has 46 heavy (non-hydrogen) atoms. The second-order valence-electron chi connectivity index (χ2n) is 10.3. The zero-order valence-corrected chi connectivity index (χ0v) is 27.1. The number of para-hydroxylation sites is 1. The summed E-state index contributed by atoms with van der Waals surface area (Å²) in [6.45, 7) is 3.79. The maximum absolute atomic E-state index is 13.5. The molecule has 1 aromatic heterocycles. The number of ether oxygens (including phenoxy) is 1. The van der Waals surface area contributed by atoms with E-state index in [1.807, 2.05) is 79.9 Å². The predicted molar refractivity (Wildman–Crippen MR) is 186 cm³/mol. The highest BCUT2D eigenvalue weighted by molar-refractivity contribution is 8.00. The Morgan fingerprint density at radius 1 is 0.891 bits per heavy atom. The number of hydrogen-bond donors (Lipinski definition) is 3. The first-order valence-corrected chi connectivity index (χ1v) is 16.2. The van der Waals surface area contributed by atoms with Crippen LogP contribution in [0.1, 0.15) is 28.4 Å². The Morgan fingerprint density at radius 3 is 2.39 bits per heavy atom. The molecule has 0 aliphatic carbocycles. The molecule has 0 fully saturated rings. The Morgan fingerprint density at radius 2 is 1.63 bits per heavy atom. The van der Waals surface area contributed by atoms with Crippen LogP contribution in [0.3, 0.4) is 0 Å². The smallest absolute Gasteiger partial charge is 0.272 e. The van der Waals surface area contributed by atoms with Crippen molar-refractivity contribution in [2.24, 2.45) is 0 Å². The highest BCUT2D eigenvalue weighted by Crippen LogP contribution is 2.33. The molecule has 0 bridgehead atoms. The Kier molecular flexibility index (Phi) is 10.6. The third-order valence-corrected chi connectivity index (χ3v) is 8.66. The molecule has 1 heterocycles. The van der Waals surface area contributed by atoms with Crippen molar-refractivity contribution in [2.45, 2.75) is 24.0 Å². The third-order valence-electron chi connectivity index (χ3n) is 6.81. The minimum atomic E-state index is -0.479. The normalized spacial score (nSPS) is 11.8. The van der Waals surface area contributed by atoms with Crippen molar-refractivity contribution in [3.63, 3.8) is 0 Å². The van der Waals surface area contributed by atoms with Gasteiger partial charge in [-0.05, 0) is 68.0 Å². The number of rotatable bonds is 11. The van der Waals surface area contributed by atoms with Crippen molar-refractivity contribution in [1.82, 2.24) is 10.3 Å². The van der Waals surface area contributed by atoms with Crippen LogP contribution in [-0.4, -0.2) is 35.1 Å². The summed E-state index contributed by atoms with van der Waals surface area (Å²) in [5.74, 6) is -0.369. The SMILES string of the molecule is COc1ccccc1-c1csc(NC(=O)C(C)Sc2cccc(NC(=O)/C(=C/c3ccc(C)cc3)NC(=O)c3ccccc3)c2)n1. The first-order valence-electron chi connectivity index (χ1n) is 14.4. The van der Waals surface area contributed by atoms with E-state index in [9.17, 15) is 14.4 Å². The molecule has 0 saturated heterocycles. The van der Waals surface area contributed by atoms with Crippen molar-refractivity contribution in [2.75, 3.05) is 17.7 Å². The van der Waals surface area contributed by atoms with Gasteiger partial charge in [0.05, 0.1) is 18.1 Å². The second-order valence-corrected chi connectivity index (χ2v) is 12.5. The van der Waals surface area contributed by atoms with Crippen LogP contribution in [0.5, 0.6) is 5.75 Å². The van der Waals surface area contributed by atoms with Crippen LogP contribution in [-0.2, 0) is 9.59 Å². The number of thioether (sulfide) groups is 1. The molecule has 1 unspecified atom stereocenters. The average molecular weight is 649 g/mol. The van der Waals surface area contributed by atoms with Crippen LogP contribution < -0.4 is 20.7 Å². The van der Waals surface area contributed by atoms with Gasteiger partial charge in [0.1, 0.15) is 11.4 Å². The molecule has 1 atom stereocenters. The molecule has 232 valence electrons. The fourth-order valence-electron chi connectivity index (χ4n) is 4.39. The summed E-state index contributed by atoms with van der Waals surface area (Å²) in [6, 6.07) is 31.1. The van der Waals surface area contributed by atoms with E-state index in [-0.39, 0.29) is 11.6 Å². The lowest BCUT2D eigenvalue weighted by molar-refractivity contribution is -0.115. The number of aromatic nitrogens is 1. The van der Waals surface area contributed by atoms with Crippen molar-refractivity contribution in [3.05, 3.63) is 131 Å². The number of benzene rings is 4. The quantitative estimate of drug-likeness (QED) is 0.100. The van der Waals surface area contributed by atoms with Crippen LogP contribution in [0.25, 0.3) is 17.3 Å². The van der Waals surface area contributed by atoms with E-state index in [1.54, 1.807) is 55.7 Å². The molecule has 3 amide bonds. The van der Waals surface area contributed by atoms with E-state index in [0.717, 1.165) is 27.3 Å². The minimum Gasteiger partial charge on any atom is -0.496 e. The largest absolute Gasteiger partial charge is 0.496 e. The van der Waals surface area contributed by atoms with E-state index in [4.69, 9.17) is 4.74 Å². The first-order chi connectivity index (χ1) is 22.3. The highest BCUT2D eigenvalue weighted by atomic mass is 32.2. The summed E-state index contributed by atoms with van der Waals surface area (Å²) in [5, 5.41) is 10.5. The number of carbonyl (C=O) groups excluding carboxylic acids is 3. The highest BCUT2D eigenvalue weighted by Gasteiger charge is 2.19. The summed E-state index contributed by atoms with van der Waals surface area (Å²) in [7, 11) is 1.61. The number of hydrogen-bond acceptors (Lipinski definition) is 7. The van der Waals surface area contributed by atoms with Crippen molar-refractivity contribution >= 4 is 57.7 Å². The van der Waals surface area contributed by atoms with Gasteiger partial charge < -0.3 is 20.7 Å². The van der Waals surface area contributed by atoms with Crippen LogP contribution in [0.2, 0.25) is 0 Å². The van der Waals surface area contributed by atoms with E-state index in [1.165, 1.54) is 23.1 Å². The second kappa shape index (κ2) is 15.2. The molecular formula is C36H32N4O4S2. The number of anilines is 2. The number of amides is 3. The Bertz CT molecular complexity index is 1870. The molecule has 0 saturated carbocycles. The van der Waals surface area contributed by atoms with Crippen molar-refractivity contribution < 1.29 is 19.1 Å². The van der Waals surface area contributed by atoms with Gasteiger partial charge in [-0.1, -0.05) is 66.2 Å². The summed E-state index contributed by atoms with van der Waals surface area (Å²) >= 11 is 2.69. The molecule has 0 radical (unpaired) electrons.